The first-order valence-electron chi connectivity index (χ1n) is 8.40. The van der Waals surface area contributed by atoms with Crippen LogP contribution in [-0.2, 0) is 9.59 Å². The topological polar surface area (TPSA) is 86.7 Å². The molecular weight excluding hydrogens is 320 g/mol. The van der Waals surface area contributed by atoms with Gasteiger partial charge in [-0.1, -0.05) is 23.8 Å². The highest BCUT2D eigenvalue weighted by atomic mass is 16.3. The molecule has 0 radical (unpaired) electrons. The Bertz CT molecular complexity index is 762. The Morgan fingerprint density at radius 3 is 2.56 bits per heavy atom. The number of aromatic hydroxyl groups is 1. The summed E-state index contributed by atoms with van der Waals surface area (Å²) in [6, 6.07) is 5.45. The van der Waals surface area contributed by atoms with Gasteiger partial charge in [0.1, 0.15) is 11.3 Å². The van der Waals surface area contributed by atoms with E-state index in [0.29, 0.717) is 12.0 Å². The molecule has 0 spiro atoms. The Morgan fingerprint density at radius 1 is 1.12 bits per heavy atom. The lowest BCUT2D eigenvalue weighted by Crippen LogP contribution is -2.54. The molecule has 1 aromatic rings. The normalized spacial score (nSPS) is 19.8. The van der Waals surface area contributed by atoms with Crippen LogP contribution >= 0.6 is 0 Å². The number of amides is 4. The lowest BCUT2D eigenvalue weighted by atomic mass is 9.97. The number of allylic oxidation sites excluding steroid dienone is 1. The molecule has 25 heavy (non-hydrogen) atoms. The summed E-state index contributed by atoms with van der Waals surface area (Å²) in [6.07, 6.45) is 8.60. The Labute approximate surface area is 145 Å². The Hall–Kier alpha value is -2.89. The average Bonchev–Trinajstić information content (AvgIpc) is 2.61. The van der Waals surface area contributed by atoms with Crippen molar-refractivity contribution in [1.29, 1.82) is 0 Å². The van der Waals surface area contributed by atoms with Gasteiger partial charge in [0.2, 0.25) is 0 Å². The molecule has 1 saturated heterocycles. The van der Waals surface area contributed by atoms with E-state index < -0.39 is 17.8 Å². The average molecular weight is 340 g/mol. The second-order valence-corrected chi connectivity index (χ2v) is 6.22. The van der Waals surface area contributed by atoms with Crippen LogP contribution in [0.25, 0.3) is 6.08 Å². The molecule has 0 atom stereocenters. The van der Waals surface area contributed by atoms with Gasteiger partial charge in [-0.15, -0.1) is 0 Å². The number of phenolic OH excluding ortho intramolecular Hbond substituents is 1. The second-order valence-electron chi connectivity index (χ2n) is 6.22. The SMILES string of the molecule is O=C1NC(=O)N(CCC2=CCCCC2)C(=O)/C1=C/c1ccc(O)cc1. The summed E-state index contributed by atoms with van der Waals surface area (Å²) in [6.45, 7) is 0.261. The van der Waals surface area contributed by atoms with Crippen LogP contribution in [0.1, 0.15) is 37.7 Å². The van der Waals surface area contributed by atoms with E-state index in [-0.39, 0.29) is 17.9 Å². The van der Waals surface area contributed by atoms with Gasteiger partial charge in [-0.05, 0) is 55.9 Å². The van der Waals surface area contributed by atoms with Crippen molar-refractivity contribution < 1.29 is 19.5 Å². The molecule has 1 aliphatic carbocycles. The number of carbonyl (C=O) groups is 3. The molecule has 6 heteroatoms. The maximum Gasteiger partial charge on any atom is 0.331 e. The largest absolute Gasteiger partial charge is 0.508 e. The van der Waals surface area contributed by atoms with Gasteiger partial charge in [-0.25, -0.2) is 4.79 Å². The van der Waals surface area contributed by atoms with E-state index in [1.165, 1.54) is 30.2 Å². The molecule has 0 unspecified atom stereocenters. The smallest absolute Gasteiger partial charge is 0.331 e. The standard InChI is InChI=1S/C19H20N2O4/c22-15-8-6-14(7-9-15)12-16-17(23)20-19(25)21(18(16)24)11-10-13-4-2-1-3-5-13/h4,6-9,12,22H,1-3,5,10-11H2,(H,20,23,25)/b16-12+. The van der Waals surface area contributed by atoms with Crippen molar-refractivity contribution in [2.24, 2.45) is 0 Å². The van der Waals surface area contributed by atoms with Gasteiger partial charge in [0.05, 0.1) is 0 Å². The Kier molecular flexibility index (Phi) is 4.97. The van der Waals surface area contributed by atoms with E-state index in [1.807, 2.05) is 0 Å². The number of rotatable bonds is 4. The lowest BCUT2D eigenvalue weighted by Gasteiger charge is -2.27. The van der Waals surface area contributed by atoms with Gasteiger partial charge in [0, 0.05) is 6.54 Å². The number of phenols is 1. The predicted molar refractivity (Wildman–Crippen MR) is 92.5 cm³/mol. The molecule has 6 nitrogen and oxygen atoms in total. The first-order valence-corrected chi connectivity index (χ1v) is 8.40. The molecule has 1 aliphatic heterocycles. The molecule has 0 saturated carbocycles. The maximum absolute atomic E-state index is 12.6. The van der Waals surface area contributed by atoms with Gasteiger partial charge in [0.25, 0.3) is 11.8 Å². The number of hydrogen-bond donors (Lipinski definition) is 2. The molecule has 0 bridgehead atoms. The minimum atomic E-state index is -0.698. The summed E-state index contributed by atoms with van der Waals surface area (Å²) in [5.74, 6) is -1.19. The Morgan fingerprint density at radius 2 is 1.88 bits per heavy atom. The first-order chi connectivity index (χ1) is 12.0. The monoisotopic (exact) mass is 340 g/mol. The van der Waals surface area contributed by atoms with Crippen molar-refractivity contribution >= 4 is 23.9 Å². The number of carbonyl (C=O) groups excluding carboxylic acids is 3. The number of benzene rings is 1. The Balaban J connectivity index is 1.76. The lowest BCUT2D eigenvalue weighted by molar-refractivity contribution is -0.130. The fraction of sp³-hybridized carbons (Fsp3) is 0.316. The number of hydrogen-bond acceptors (Lipinski definition) is 4. The molecule has 1 heterocycles. The van der Waals surface area contributed by atoms with Gasteiger partial charge in [0.15, 0.2) is 0 Å². The van der Waals surface area contributed by atoms with Crippen LogP contribution in [0.3, 0.4) is 0 Å². The van der Waals surface area contributed by atoms with Crippen LogP contribution in [0.15, 0.2) is 41.5 Å². The molecule has 130 valence electrons. The number of imide groups is 2. The zero-order valence-corrected chi connectivity index (χ0v) is 13.8. The zero-order chi connectivity index (χ0) is 17.8. The number of urea groups is 1. The summed E-state index contributed by atoms with van der Waals surface area (Å²) in [5, 5.41) is 11.5. The van der Waals surface area contributed by atoms with E-state index in [0.717, 1.165) is 24.2 Å². The van der Waals surface area contributed by atoms with Gasteiger partial charge in [-0.2, -0.15) is 0 Å². The van der Waals surface area contributed by atoms with Crippen molar-refractivity contribution in [2.75, 3.05) is 6.54 Å². The van der Waals surface area contributed by atoms with Crippen LogP contribution in [-0.4, -0.2) is 34.4 Å². The van der Waals surface area contributed by atoms with Crippen molar-refractivity contribution in [3.8, 4) is 5.75 Å². The van der Waals surface area contributed by atoms with Crippen LogP contribution in [0.4, 0.5) is 4.79 Å². The summed E-state index contributed by atoms with van der Waals surface area (Å²) in [5.41, 5.74) is 1.77. The van der Waals surface area contributed by atoms with Gasteiger partial charge in [-0.3, -0.25) is 19.8 Å². The quantitative estimate of drug-likeness (QED) is 0.501. The van der Waals surface area contributed by atoms with Crippen LogP contribution in [0, 0.1) is 0 Å². The van der Waals surface area contributed by atoms with Crippen LogP contribution in [0.5, 0.6) is 5.75 Å². The molecule has 4 amide bonds. The molecule has 3 rings (SSSR count). The highest BCUT2D eigenvalue weighted by molar-refractivity contribution is 6.31. The molecule has 2 N–H and O–H groups in total. The van der Waals surface area contributed by atoms with E-state index >= 15 is 0 Å². The minimum absolute atomic E-state index is 0.0806. The molecule has 1 aromatic carbocycles. The molecule has 0 aromatic heterocycles. The van der Waals surface area contributed by atoms with Gasteiger partial charge < -0.3 is 5.11 Å². The van der Waals surface area contributed by atoms with E-state index in [4.69, 9.17) is 0 Å². The summed E-state index contributed by atoms with van der Waals surface area (Å²) >= 11 is 0. The van der Waals surface area contributed by atoms with E-state index in [9.17, 15) is 19.5 Å². The van der Waals surface area contributed by atoms with Crippen molar-refractivity contribution in [3.05, 3.63) is 47.1 Å². The third-order valence-corrected chi connectivity index (χ3v) is 4.43. The van der Waals surface area contributed by atoms with Crippen molar-refractivity contribution in [2.45, 2.75) is 32.1 Å². The number of barbiturate groups is 1. The number of nitrogens with zero attached hydrogens (tertiary/aromatic N) is 1. The maximum atomic E-state index is 12.6. The zero-order valence-electron chi connectivity index (χ0n) is 13.8. The summed E-state index contributed by atoms with van der Waals surface area (Å²) in [4.78, 5) is 37.7. The van der Waals surface area contributed by atoms with Crippen LogP contribution < -0.4 is 5.32 Å². The minimum Gasteiger partial charge on any atom is -0.508 e. The number of nitrogens with one attached hydrogen (secondary N) is 1. The molecular formula is C19H20N2O4. The third-order valence-electron chi connectivity index (χ3n) is 4.43. The van der Waals surface area contributed by atoms with Crippen LogP contribution in [0.2, 0.25) is 0 Å². The first kappa shape index (κ1) is 17.0. The molecule has 1 fully saturated rings. The highest BCUT2D eigenvalue weighted by Crippen LogP contribution is 2.22. The fourth-order valence-corrected chi connectivity index (χ4v) is 3.02. The van der Waals surface area contributed by atoms with Gasteiger partial charge >= 0.3 is 6.03 Å². The van der Waals surface area contributed by atoms with E-state index in [1.54, 1.807) is 12.1 Å². The summed E-state index contributed by atoms with van der Waals surface area (Å²) in [7, 11) is 0. The third kappa shape index (κ3) is 3.96. The second kappa shape index (κ2) is 7.34. The molecule has 2 aliphatic rings. The van der Waals surface area contributed by atoms with Crippen molar-refractivity contribution in [1.82, 2.24) is 10.2 Å². The summed E-state index contributed by atoms with van der Waals surface area (Å²) < 4.78 is 0. The fourth-order valence-electron chi connectivity index (χ4n) is 3.02. The predicted octanol–water partition coefficient (Wildman–Crippen LogP) is 2.74. The van der Waals surface area contributed by atoms with E-state index in [2.05, 4.69) is 11.4 Å². The highest BCUT2D eigenvalue weighted by Gasteiger charge is 2.35. The van der Waals surface area contributed by atoms with Crippen molar-refractivity contribution in [3.63, 3.8) is 0 Å².